The predicted octanol–water partition coefficient (Wildman–Crippen LogP) is 1.32. The van der Waals surface area contributed by atoms with Crippen molar-refractivity contribution in [1.29, 1.82) is 0 Å². The molecule has 0 fully saturated rings. The molecule has 2 rings (SSSR count). The van der Waals surface area contributed by atoms with Gasteiger partial charge in [-0.25, -0.2) is 18.1 Å². The number of nitrogens with two attached hydrogens (primary N) is 1. The number of hydrogen-bond acceptors (Lipinski definition) is 4. The van der Waals surface area contributed by atoms with Gasteiger partial charge in [0, 0.05) is 18.8 Å². The molecular formula is C13H18N4O2S. The van der Waals surface area contributed by atoms with Gasteiger partial charge in [-0.1, -0.05) is 6.92 Å². The molecule has 1 heterocycles. The second-order valence-electron chi connectivity index (χ2n) is 4.39. The second kappa shape index (κ2) is 5.64. The van der Waals surface area contributed by atoms with Crippen LogP contribution in [-0.2, 0) is 16.4 Å². The van der Waals surface area contributed by atoms with Crippen LogP contribution in [0.3, 0.4) is 0 Å². The van der Waals surface area contributed by atoms with Gasteiger partial charge in [-0.3, -0.25) is 0 Å². The summed E-state index contributed by atoms with van der Waals surface area (Å²) in [6.45, 7) is 2.06. The Kier molecular flexibility index (Phi) is 4.10. The van der Waals surface area contributed by atoms with Crippen LogP contribution in [0.5, 0.6) is 0 Å². The summed E-state index contributed by atoms with van der Waals surface area (Å²) in [5.41, 5.74) is 7.10. The molecule has 0 aliphatic carbocycles. The van der Waals surface area contributed by atoms with Crippen LogP contribution in [0.2, 0.25) is 0 Å². The van der Waals surface area contributed by atoms with Gasteiger partial charge in [0.1, 0.15) is 5.82 Å². The molecule has 0 unspecified atom stereocenters. The maximum absolute atomic E-state index is 11.9. The summed E-state index contributed by atoms with van der Waals surface area (Å²) >= 11 is 0. The lowest BCUT2D eigenvalue weighted by Crippen LogP contribution is -2.19. The lowest BCUT2D eigenvalue weighted by molar-refractivity contribution is 0.588. The van der Waals surface area contributed by atoms with Gasteiger partial charge in [0.05, 0.1) is 16.3 Å². The van der Waals surface area contributed by atoms with Crippen LogP contribution >= 0.6 is 0 Å². The van der Waals surface area contributed by atoms with Crippen molar-refractivity contribution in [2.45, 2.75) is 24.7 Å². The molecule has 1 aromatic carbocycles. The van der Waals surface area contributed by atoms with Gasteiger partial charge in [-0.15, -0.1) is 0 Å². The SMILES string of the molecule is CCCc1nccn1-c1cc(S(=O)(=O)NC)ccc1N. The Morgan fingerprint density at radius 1 is 1.40 bits per heavy atom. The third-order valence-electron chi connectivity index (χ3n) is 3.03. The van der Waals surface area contributed by atoms with Crippen LogP contribution in [0.4, 0.5) is 5.69 Å². The van der Waals surface area contributed by atoms with Crippen LogP contribution in [0.25, 0.3) is 5.69 Å². The van der Waals surface area contributed by atoms with Crippen LogP contribution in [-0.4, -0.2) is 25.0 Å². The van der Waals surface area contributed by atoms with Crippen molar-refractivity contribution in [3.63, 3.8) is 0 Å². The van der Waals surface area contributed by atoms with E-state index < -0.39 is 10.0 Å². The van der Waals surface area contributed by atoms with Crippen LogP contribution in [0.1, 0.15) is 19.2 Å². The van der Waals surface area contributed by atoms with E-state index in [1.54, 1.807) is 24.5 Å². The highest BCUT2D eigenvalue weighted by atomic mass is 32.2. The highest BCUT2D eigenvalue weighted by Gasteiger charge is 2.15. The molecule has 0 radical (unpaired) electrons. The molecule has 2 aromatic rings. The number of hydrogen-bond donors (Lipinski definition) is 2. The van der Waals surface area contributed by atoms with Gasteiger partial charge >= 0.3 is 0 Å². The standard InChI is InChI=1S/C13H18N4O2S/c1-3-4-13-16-7-8-17(13)12-9-10(5-6-11(12)14)20(18,19)15-2/h5-9,15H,3-4,14H2,1-2H3. The summed E-state index contributed by atoms with van der Waals surface area (Å²) in [7, 11) is -2.11. The molecule has 0 saturated carbocycles. The molecule has 20 heavy (non-hydrogen) atoms. The zero-order valence-corrected chi connectivity index (χ0v) is 12.3. The number of sulfonamides is 1. The largest absolute Gasteiger partial charge is 0.397 e. The highest BCUT2D eigenvalue weighted by molar-refractivity contribution is 7.89. The van der Waals surface area contributed by atoms with E-state index in [0.717, 1.165) is 18.7 Å². The lowest BCUT2D eigenvalue weighted by atomic mass is 10.2. The van der Waals surface area contributed by atoms with E-state index in [1.807, 2.05) is 4.57 Å². The molecule has 108 valence electrons. The molecule has 0 saturated heterocycles. The van der Waals surface area contributed by atoms with E-state index in [0.29, 0.717) is 11.4 Å². The van der Waals surface area contributed by atoms with E-state index in [4.69, 9.17) is 5.73 Å². The second-order valence-corrected chi connectivity index (χ2v) is 6.28. The number of nitrogens with one attached hydrogen (secondary N) is 1. The molecule has 0 aliphatic rings. The van der Waals surface area contributed by atoms with Gasteiger partial charge < -0.3 is 10.3 Å². The molecule has 7 heteroatoms. The molecule has 0 aliphatic heterocycles. The first kappa shape index (κ1) is 14.5. The van der Waals surface area contributed by atoms with Crippen LogP contribution < -0.4 is 10.5 Å². The Bertz CT molecular complexity index is 707. The van der Waals surface area contributed by atoms with Gasteiger partial charge in [-0.05, 0) is 31.7 Å². The van der Waals surface area contributed by atoms with Crippen molar-refractivity contribution in [3.05, 3.63) is 36.4 Å². The number of imidazole rings is 1. The lowest BCUT2D eigenvalue weighted by Gasteiger charge is -2.12. The topological polar surface area (TPSA) is 90.0 Å². The average Bonchev–Trinajstić information content (AvgIpc) is 2.87. The number of nitrogens with zero attached hydrogens (tertiary/aromatic N) is 2. The zero-order valence-electron chi connectivity index (χ0n) is 11.5. The highest BCUT2D eigenvalue weighted by Crippen LogP contribution is 2.23. The predicted molar refractivity (Wildman–Crippen MR) is 78.2 cm³/mol. The van der Waals surface area contributed by atoms with Gasteiger partial charge in [0.2, 0.25) is 10.0 Å². The van der Waals surface area contributed by atoms with Crippen molar-refractivity contribution in [2.75, 3.05) is 12.8 Å². The van der Waals surface area contributed by atoms with Crippen molar-refractivity contribution in [2.24, 2.45) is 0 Å². The fraction of sp³-hybridized carbons (Fsp3) is 0.308. The summed E-state index contributed by atoms with van der Waals surface area (Å²) in [6, 6.07) is 4.64. The molecule has 0 bridgehead atoms. The molecule has 0 atom stereocenters. The molecule has 1 aromatic heterocycles. The number of aryl methyl sites for hydroxylation is 1. The summed E-state index contributed by atoms with van der Waals surface area (Å²) in [5, 5.41) is 0. The average molecular weight is 294 g/mol. The molecule has 3 N–H and O–H groups in total. The minimum absolute atomic E-state index is 0.181. The van der Waals surface area contributed by atoms with Gasteiger partial charge in [0.25, 0.3) is 0 Å². The number of aromatic nitrogens is 2. The van der Waals surface area contributed by atoms with E-state index in [9.17, 15) is 8.42 Å². The number of anilines is 1. The normalized spacial score (nSPS) is 11.7. The Hall–Kier alpha value is -1.86. The summed E-state index contributed by atoms with van der Waals surface area (Å²) in [4.78, 5) is 4.46. The molecule has 0 amide bonds. The maximum atomic E-state index is 11.9. The first-order chi connectivity index (χ1) is 9.49. The third-order valence-corrected chi connectivity index (χ3v) is 4.44. The monoisotopic (exact) mass is 294 g/mol. The zero-order chi connectivity index (χ0) is 14.8. The van der Waals surface area contributed by atoms with Crippen molar-refractivity contribution >= 4 is 15.7 Å². The fourth-order valence-corrected chi connectivity index (χ4v) is 2.73. The van der Waals surface area contributed by atoms with E-state index in [1.165, 1.54) is 13.1 Å². The smallest absolute Gasteiger partial charge is 0.240 e. The summed E-state index contributed by atoms with van der Waals surface area (Å²) in [5.74, 6) is 0.859. The first-order valence-electron chi connectivity index (χ1n) is 6.35. The van der Waals surface area contributed by atoms with Crippen molar-refractivity contribution in [3.8, 4) is 5.69 Å². The van der Waals surface area contributed by atoms with Crippen LogP contribution in [0.15, 0.2) is 35.5 Å². The first-order valence-corrected chi connectivity index (χ1v) is 7.83. The minimum Gasteiger partial charge on any atom is -0.397 e. The molecular weight excluding hydrogens is 276 g/mol. The Balaban J connectivity index is 2.56. The van der Waals surface area contributed by atoms with E-state index in [2.05, 4.69) is 16.6 Å². The van der Waals surface area contributed by atoms with E-state index in [-0.39, 0.29) is 4.90 Å². The number of rotatable bonds is 5. The Labute approximate surface area is 118 Å². The third kappa shape index (κ3) is 2.68. The van der Waals surface area contributed by atoms with Crippen LogP contribution in [0, 0.1) is 0 Å². The van der Waals surface area contributed by atoms with Gasteiger partial charge in [-0.2, -0.15) is 0 Å². The molecule has 6 nitrogen and oxygen atoms in total. The van der Waals surface area contributed by atoms with Gasteiger partial charge in [0.15, 0.2) is 0 Å². The minimum atomic E-state index is -3.49. The fourth-order valence-electron chi connectivity index (χ4n) is 1.98. The van der Waals surface area contributed by atoms with Crippen molar-refractivity contribution < 1.29 is 8.42 Å². The summed E-state index contributed by atoms with van der Waals surface area (Å²) in [6.07, 6.45) is 5.22. The Morgan fingerprint density at radius 2 is 2.15 bits per heavy atom. The van der Waals surface area contributed by atoms with Crippen molar-refractivity contribution in [1.82, 2.24) is 14.3 Å². The number of nitrogen functional groups attached to an aromatic ring is 1. The van der Waals surface area contributed by atoms with E-state index >= 15 is 0 Å². The maximum Gasteiger partial charge on any atom is 0.240 e. The quantitative estimate of drug-likeness (QED) is 0.814. The number of benzene rings is 1. The summed E-state index contributed by atoms with van der Waals surface area (Å²) < 4.78 is 27.9. The molecule has 0 spiro atoms. The Morgan fingerprint density at radius 3 is 2.80 bits per heavy atom.